The van der Waals surface area contributed by atoms with Gasteiger partial charge in [-0.05, 0) is 36.6 Å². The molecule has 1 unspecified atom stereocenters. The molecule has 0 heterocycles. The van der Waals surface area contributed by atoms with Crippen LogP contribution >= 0.6 is 0 Å². The molecule has 122 valence electrons. The Morgan fingerprint density at radius 1 is 1.35 bits per heavy atom. The van der Waals surface area contributed by atoms with Gasteiger partial charge < -0.3 is 20.8 Å². The number of carbonyl (C=O) groups is 2. The molecule has 0 aliphatic rings. The Labute approximate surface area is 134 Å². The molecule has 23 heavy (non-hydrogen) atoms. The van der Waals surface area contributed by atoms with Crippen LogP contribution in [0.4, 0.5) is 5.69 Å². The topological polar surface area (TPSA) is 122 Å². The van der Waals surface area contributed by atoms with Gasteiger partial charge in [-0.3, -0.25) is 4.79 Å². The summed E-state index contributed by atoms with van der Waals surface area (Å²) < 4.78 is 0. The van der Waals surface area contributed by atoms with Gasteiger partial charge in [0.25, 0.3) is 5.91 Å². The van der Waals surface area contributed by atoms with Crippen molar-refractivity contribution in [3.63, 3.8) is 0 Å². The van der Waals surface area contributed by atoms with Gasteiger partial charge in [0, 0.05) is 11.9 Å². The summed E-state index contributed by atoms with van der Waals surface area (Å²) in [5, 5.41) is 32.6. The Kier molecular flexibility index (Phi) is 6.15. The van der Waals surface area contributed by atoms with E-state index < -0.39 is 17.9 Å². The van der Waals surface area contributed by atoms with Gasteiger partial charge in [0.05, 0.1) is 0 Å². The summed E-state index contributed by atoms with van der Waals surface area (Å²) in [7, 11) is 0. The van der Waals surface area contributed by atoms with Crippen LogP contribution in [-0.2, 0) is 9.59 Å². The zero-order valence-electron chi connectivity index (χ0n) is 13.1. The summed E-state index contributed by atoms with van der Waals surface area (Å²) in [5.41, 5.74) is 0.839. The average molecular weight is 317 g/mol. The molecule has 0 fully saturated rings. The van der Waals surface area contributed by atoms with Crippen molar-refractivity contribution >= 4 is 17.6 Å². The van der Waals surface area contributed by atoms with E-state index in [2.05, 4.69) is 10.6 Å². The number of carboxylic acids is 1. The van der Waals surface area contributed by atoms with Crippen molar-refractivity contribution in [3.05, 3.63) is 35.5 Å². The lowest BCUT2D eigenvalue weighted by molar-refractivity contribution is -0.140. The molecule has 0 aliphatic carbocycles. The number of anilines is 1. The molecule has 1 aromatic rings. The summed E-state index contributed by atoms with van der Waals surface area (Å²) >= 11 is 0. The van der Waals surface area contributed by atoms with Crippen molar-refractivity contribution in [3.8, 4) is 11.8 Å². The Hall–Kier alpha value is -3.01. The van der Waals surface area contributed by atoms with Gasteiger partial charge in [-0.25, -0.2) is 4.79 Å². The number of nitrogens with one attached hydrogen (secondary N) is 2. The van der Waals surface area contributed by atoms with Crippen LogP contribution in [0.25, 0.3) is 0 Å². The predicted octanol–water partition coefficient (Wildman–Crippen LogP) is 1.75. The summed E-state index contributed by atoms with van der Waals surface area (Å²) in [5.74, 6) is -1.88. The minimum absolute atomic E-state index is 0.0689. The zero-order chi connectivity index (χ0) is 17.6. The van der Waals surface area contributed by atoms with E-state index in [1.165, 1.54) is 18.2 Å². The number of hydrogen-bond acceptors (Lipinski definition) is 5. The second kappa shape index (κ2) is 7.84. The molecule has 0 saturated carbocycles. The number of aryl methyl sites for hydroxylation is 1. The van der Waals surface area contributed by atoms with Crippen molar-refractivity contribution < 1.29 is 19.8 Å². The largest absolute Gasteiger partial charge is 0.508 e. The zero-order valence-corrected chi connectivity index (χ0v) is 13.1. The molecule has 1 atom stereocenters. The van der Waals surface area contributed by atoms with Gasteiger partial charge >= 0.3 is 5.97 Å². The maximum atomic E-state index is 12.1. The smallest absolute Gasteiger partial charge is 0.326 e. The first kappa shape index (κ1) is 18.0. The molecule has 0 aromatic heterocycles. The van der Waals surface area contributed by atoms with E-state index in [4.69, 9.17) is 10.4 Å². The Morgan fingerprint density at radius 3 is 2.48 bits per heavy atom. The number of rotatable bonds is 6. The fraction of sp³-hybridized carbons (Fsp3) is 0.312. The molecule has 0 aliphatic heterocycles. The van der Waals surface area contributed by atoms with Crippen LogP contribution in [0.3, 0.4) is 0 Å². The lowest BCUT2D eigenvalue weighted by atomic mass is 10.1. The monoisotopic (exact) mass is 317 g/mol. The first-order chi connectivity index (χ1) is 10.8. The number of aromatic hydroxyl groups is 1. The third-order valence-corrected chi connectivity index (χ3v) is 3.16. The van der Waals surface area contributed by atoms with E-state index in [0.29, 0.717) is 11.3 Å². The molecule has 7 nitrogen and oxygen atoms in total. The van der Waals surface area contributed by atoms with Crippen molar-refractivity contribution in [2.45, 2.75) is 26.8 Å². The summed E-state index contributed by atoms with van der Waals surface area (Å²) in [6, 6.07) is 5.23. The van der Waals surface area contributed by atoms with Gasteiger partial charge in [-0.1, -0.05) is 13.8 Å². The number of carboxylic acid groups (broad SMARTS) is 1. The molecule has 0 spiro atoms. The van der Waals surface area contributed by atoms with Crippen LogP contribution in [0.5, 0.6) is 5.75 Å². The van der Waals surface area contributed by atoms with Crippen molar-refractivity contribution in [2.24, 2.45) is 5.92 Å². The second-order valence-corrected chi connectivity index (χ2v) is 5.35. The predicted molar refractivity (Wildman–Crippen MR) is 84.6 cm³/mol. The molecule has 7 heteroatoms. The highest BCUT2D eigenvalue weighted by Crippen LogP contribution is 2.20. The van der Waals surface area contributed by atoms with E-state index >= 15 is 0 Å². The SMILES string of the molecule is Cc1cc(O)ccc1NC(=O)/C(C#N)=C\NC(C(=O)O)C(C)C. The van der Waals surface area contributed by atoms with E-state index in [9.17, 15) is 14.7 Å². The number of phenols is 1. The Morgan fingerprint density at radius 2 is 2.00 bits per heavy atom. The standard InChI is InChI=1S/C16H19N3O4/c1-9(2)14(16(22)23)18-8-11(7-17)15(21)19-13-5-4-12(20)6-10(13)3/h4-6,8-9,14,18,20H,1-3H3,(H,19,21)(H,22,23)/b11-8-. The lowest BCUT2D eigenvalue weighted by Gasteiger charge is -2.16. The van der Waals surface area contributed by atoms with E-state index in [1.807, 2.05) is 0 Å². The second-order valence-electron chi connectivity index (χ2n) is 5.35. The normalized spacial score (nSPS) is 12.4. The molecule has 4 N–H and O–H groups in total. The third kappa shape index (κ3) is 5.04. The van der Waals surface area contributed by atoms with E-state index in [1.54, 1.807) is 26.8 Å². The maximum absolute atomic E-state index is 12.1. The molecular weight excluding hydrogens is 298 g/mol. The Bertz CT molecular complexity index is 674. The number of benzene rings is 1. The number of aliphatic carboxylic acids is 1. The summed E-state index contributed by atoms with van der Waals surface area (Å²) in [6.45, 7) is 5.12. The third-order valence-electron chi connectivity index (χ3n) is 3.16. The average Bonchev–Trinajstić information content (AvgIpc) is 2.45. The van der Waals surface area contributed by atoms with Gasteiger partial charge in [0.15, 0.2) is 0 Å². The summed E-state index contributed by atoms with van der Waals surface area (Å²) in [6.07, 6.45) is 1.10. The van der Waals surface area contributed by atoms with Crippen LogP contribution in [-0.4, -0.2) is 28.1 Å². The molecule has 1 rings (SSSR count). The minimum atomic E-state index is -1.07. The van der Waals surface area contributed by atoms with Gasteiger partial charge in [0.2, 0.25) is 0 Å². The van der Waals surface area contributed by atoms with Crippen molar-refractivity contribution in [2.75, 3.05) is 5.32 Å². The van der Waals surface area contributed by atoms with Crippen LogP contribution < -0.4 is 10.6 Å². The van der Waals surface area contributed by atoms with E-state index in [0.717, 1.165) is 6.20 Å². The first-order valence-corrected chi connectivity index (χ1v) is 6.96. The maximum Gasteiger partial charge on any atom is 0.326 e. The van der Waals surface area contributed by atoms with Crippen LogP contribution in [0, 0.1) is 24.2 Å². The number of phenolic OH excluding ortho intramolecular Hbond substituents is 1. The van der Waals surface area contributed by atoms with Gasteiger partial charge in [-0.15, -0.1) is 0 Å². The highest BCUT2D eigenvalue weighted by atomic mass is 16.4. The van der Waals surface area contributed by atoms with Crippen LogP contribution in [0.2, 0.25) is 0 Å². The number of nitriles is 1. The number of amides is 1. The van der Waals surface area contributed by atoms with Crippen molar-refractivity contribution in [1.82, 2.24) is 5.32 Å². The number of carbonyl (C=O) groups excluding carboxylic acids is 1. The van der Waals surface area contributed by atoms with Crippen LogP contribution in [0.1, 0.15) is 19.4 Å². The molecule has 0 bridgehead atoms. The molecular formula is C16H19N3O4. The minimum Gasteiger partial charge on any atom is -0.508 e. The highest BCUT2D eigenvalue weighted by Gasteiger charge is 2.20. The van der Waals surface area contributed by atoms with Crippen LogP contribution in [0.15, 0.2) is 30.0 Å². The molecule has 1 aromatic carbocycles. The fourth-order valence-electron chi connectivity index (χ4n) is 1.85. The molecule has 1 amide bonds. The number of nitrogens with zero attached hydrogens (tertiary/aromatic N) is 1. The van der Waals surface area contributed by atoms with Crippen molar-refractivity contribution in [1.29, 1.82) is 5.26 Å². The molecule has 0 saturated heterocycles. The van der Waals surface area contributed by atoms with Gasteiger partial charge in [0.1, 0.15) is 23.4 Å². The van der Waals surface area contributed by atoms with Gasteiger partial charge in [-0.2, -0.15) is 5.26 Å². The fourth-order valence-corrected chi connectivity index (χ4v) is 1.85. The number of hydrogen-bond donors (Lipinski definition) is 4. The Balaban J connectivity index is 2.88. The van der Waals surface area contributed by atoms with E-state index in [-0.39, 0.29) is 17.2 Å². The molecule has 0 radical (unpaired) electrons. The quantitative estimate of drug-likeness (QED) is 0.360. The highest BCUT2D eigenvalue weighted by molar-refractivity contribution is 6.06. The first-order valence-electron chi connectivity index (χ1n) is 6.96. The lowest BCUT2D eigenvalue weighted by Crippen LogP contribution is -2.38. The summed E-state index contributed by atoms with van der Waals surface area (Å²) in [4.78, 5) is 23.2.